The molecule has 0 aliphatic carbocycles. The summed E-state index contributed by atoms with van der Waals surface area (Å²) in [5.41, 5.74) is 4.32. The van der Waals surface area contributed by atoms with Crippen molar-refractivity contribution >= 4 is 33.4 Å². The monoisotopic (exact) mass is 475 g/mol. The molecule has 8 nitrogen and oxygen atoms in total. The Bertz CT molecular complexity index is 902. The first-order valence-electron chi connectivity index (χ1n) is 9.80. The number of amides is 2. The Balaban J connectivity index is 1.74. The highest BCUT2D eigenvalue weighted by Gasteiger charge is 2.18. The van der Waals surface area contributed by atoms with Crippen molar-refractivity contribution in [1.29, 1.82) is 0 Å². The summed E-state index contributed by atoms with van der Waals surface area (Å²) in [6.45, 7) is 6.87. The van der Waals surface area contributed by atoms with Gasteiger partial charge >= 0.3 is 0 Å². The van der Waals surface area contributed by atoms with Crippen LogP contribution >= 0.6 is 15.9 Å². The first-order valence-corrected chi connectivity index (χ1v) is 10.6. The number of carbonyl (C=O) groups is 2. The van der Waals surface area contributed by atoms with Gasteiger partial charge in [0.2, 0.25) is 0 Å². The van der Waals surface area contributed by atoms with Crippen LogP contribution in [0.4, 0.5) is 5.69 Å². The number of ether oxygens (including phenoxy) is 1. The van der Waals surface area contributed by atoms with Crippen LogP contribution in [0.2, 0.25) is 0 Å². The topological polar surface area (TPSA) is 99.9 Å². The summed E-state index contributed by atoms with van der Waals surface area (Å²) in [7, 11) is 0. The molecule has 1 heterocycles. The summed E-state index contributed by atoms with van der Waals surface area (Å²) < 4.78 is 6.15. The van der Waals surface area contributed by atoms with Gasteiger partial charge in [0.1, 0.15) is 0 Å². The molecule has 9 heteroatoms. The molecule has 2 amide bonds. The SMILES string of the molecule is CCN(Cc1cccc(C(=O)Nc2ccc(Br)cc2C(=O)NN)c1)N1CCOCC1. The van der Waals surface area contributed by atoms with Crippen molar-refractivity contribution in [1.82, 2.24) is 15.4 Å². The quantitative estimate of drug-likeness (QED) is 0.323. The van der Waals surface area contributed by atoms with E-state index in [1.54, 1.807) is 24.3 Å². The number of morpholine rings is 1. The third kappa shape index (κ3) is 5.65. The number of nitrogens with zero attached hydrogens (tertiary/aromatic N) is 2. The number of hydrazine groups is 2. The molecule has 2 aromatic rings. The van der Waals surface area contributed by atoms with Gasteiger partial charge in [-0.15, -0.1) is 0 Å². The number of benzene rings is 2. The van der Waals surface area contributed by atoms with Gasteiger partial charge in [-0.3, -0.25) is 15.0 Å². The van der Waals surface area contributed by atoms with Crippen LogP contribution in [-0.2, 0) is 11.3 Å². The maximum absolute atomic E-state index is 12.8. The van der Waals surface area contributed by atoms with Crippen LogP contribution in [0.3, 0.4) is 0 Å². The average molecular weight is 476 g/mol. The molecule has 4 N–H and O–H groups in total. The van der Waals surface area contributed by atoms with Crippen molar-refractivity contribution in [2.45, 2.75) is 13.5 Å². The molecular formula is C21H26BrN5O3. The van der Waals surface area contributed by atoms with Gasteiger partial charge in [-0.25, -0.2) is 15.9 Å². The number of nitrogen functional groups attached to an aromatic ring is 1. The zero-order chi connectivity index (χ0) is 21.5. The second kappa shape index (κ2) is 10.6. The Morgan fingerprint density at radius 3 is 2.63 bits per heavy atom. The van der Waals surface area contributed by atoms with Gasteiger partial charge in [0.15, 0.2) is 0 Å². The van der Waals surface area contributed by atoms with E-state index in [-0.39, 0.29) is 11.5 Å². The van der Waals surface area contributed by atoms with Gasteiger partial charge in [0.05, 0.1) is 24.5 Å². The van der Waals surface area contributed by atoms with E-state index in [4.69, 9.17) is 10.6 Å². The molecule has 160 valence electrons. The molecule has 2 aromatic carbocycles. The second-order valence-electron chi connectivity index (χ2n) is 6.86. The van der Waals surface area contributed by atoms with Crippen molar-refractivity contribution in [3.63, 3.8) is 0 Å². The second-order valence-corrected chi connectivity index (χ2v) is 7.78. The number of hydrogen-bond donors (Lipinski definition) is 3. The molecule has 3 rings (SSSR count). The maximum atomic E-state index is 12.8. The van der Waals surface area contributed by atoms with Crippen molar-refractivity contribution in [3.05, 3.63) is 63.6 Å². The molecule has 0 saturated carbocycles. The number of anilines is 1. The lowest BCUT2D eigenvalue weighted by Gasteiger charge is -2.36. The smallest absolute Gasteiger partial charge is 0.267 e. The lowest BCUT2D eigenvalue weighted by molar-refractivity contribution is -0.0926. The maximum Gasteiger partial charge on any atom is 0.267 e. The number of nitrogens with one attached hydrogen (secondary N) is 2. The van der Waals surface area contributed by atoms with E-state index in [1.165, 1.54) is 0 Å². The molecule has 1 aliphatic rings. The van der Waals surface area contributed by atoms with Gasteiger partial charge in [-0.2, -0.15) is 0 Å². The highest BCUT2D eigenvalue weighted by Crippen LogP contribution is 2.22. The van der Waals surface area contributed by atoms with Gasteiger partial charge in [0.25, 0.3) is 11.8 Å². The third-order valence-corrected chi connectivity index (χ3v) is 5.41. The molecule has 0 spiro atoms. The Morgan fingerprint density at radius 2 is 1.93 bits per heavy atom. The summed E-state index contributed by atoms with van der Waals surface area (Å²) in [6.07, 6.45) is 0. The number of nitrogens with two attached hydrogens (primary N) is 1. The van der Waals surface area contributed by atoms with Crippen LogP contribution < -0.4 is 16.6 Å². The molecule has 0 atom stereocenters. The summed E-state index contributed by atoms with van der Waals surface area (Å²) >= 11 is 3.33. The normalized spacial score (nSPS) is 14.5. The third-order valence-electron chi connectivity index (χ3n) is 4.91. The van der Waals surface area contributed by atoms with Crippen LogP contribution in [0.5, 0.6) is 0 Å². The zero-order valence-corrected chi connectivity index (χ0v) is 18.4. The fraction of sp³-hybridized carbons (Fsp3) is 0.333. The number of halogens is 1. The van der Waals surface area contributed by atoms with E-state index in [9.17, 15) is 9.59 Å². The molecule has 0 unspecified atom stereocenters. The van der Waals surface area contributed by atoms with Gasteiger partial charge < -0.3 is 10.1 Å². The molecule has 0 radical (unpaired) electrons. The van der Waals surface area contributed by atoms with E-state index in [2.05, 4.69) is 43.6 Å². The highest BCUT2D eigenvalue weighted by atomic mass is 79.9. The number of rotatable bonds is 7. The van der Waals surface area contributed by atoms with Crippen LogP contribution in [0.25, 0.3) is 0 Å². The Labute approximate surface area is 184 Å². The van der Waals surface area contributed by atoms with Crippen molar-refractivity contribution in [3.8, 4) is 0 Å². The first-order chi connectivity index (χ1) is 14.5. The minimum atomic E-state index is -0.482. The van der Waals surface area contributed by atoms with Gasteiger partial charge in [-0.05, 0) is 35.9 Å². The Kier molecular flexibility index (Phi) is 7.94. The molecular weight excluding hydrogens is 450 g/mol. The Morgan fingerprint density at radius 1 is 1.17 bits per heavy atom. The fourth-order valence-electron chi connectivity index (χ4n) is 3.36. The number of hydrogen-bond acceptors (Lipinski definition) is 6. The van der Waals surface area contributed by atoms with E-state index >= 15 is 0 Å². The van der Waals surface area contributed by atoms with Crippen LogP contribution in [0, 0.1) is 0 Å². The van der Waals surface area contributed by atoms with Gasteiger partial charge in [0, 0.05) is 36.2 Å². The predicted molar refractivity (Wildman–Crippen MR) is 119 cm³/mol. The zero-order valence-electron chi connectivity index (χ0n) is 16.9. The minimum Gasteiger partial charge on any atom is -0.379 e. The lowest BCUT2D eigenvalue weighted by atomic mass is 10.1. The van der Waals surface area contributed by atoms with E-state index in [0.717, 1.165) is 38.4 Å². The van der Waals surface area contributed by atoms with Crippen molar-refractivity contribution in [2.75, 3.05) is 38.2 Å². The number of carbonyl (C=O) groups excluding carboxylic acids is 2. The fourth-order valence-corrected chi connectivity index (χ4v) is 3.72. The largest absolute Gasteiger partial charge is 0.379 e. The lowest BCUT2D eigenvalue weighted by Crippen LogP contribution is -2.48. The Hall–Kier alpha value is -2.30. The predicted octanol–water partition coefficient (Wildman–Crippen LogP) is 2.37. The molecule has 30 heavy (non-hydrogen) atoms. The van der Waals surface area contributed by atoms with E-state index in [0.29, 0.717) is 22.3 Å². The highest BCUT2D eigenvalue weighted by molar-refractivity contribution is 9.10. The standard InChI is InChI=1S/C21H26BrN5O3/c1-2-26(27-8-10-30-11-9-27)14-15-4-3-5-16(12-15)20(28)24-19-7-6-17(22)13-18(19)21(29)25-23/h3-7,12-13H,2,8-11,14,23H2,1H3,(H,24,28)(H,25,29). The first kappa shape index (κ1) is 22.4. The van der Waals surface area contributed by atoms with Crippen molar-refractivity contribution in [2.24, 2.45) is 5.84 Å². The summed E-state index contributed by atoms with van der Waals surface area (Å²) in [5.74, 6) is 4.49. The molecule has 1 saturated heterocycles. The summed E-state index contributed by atoms with van der Waals surface area (Å²) in [5, 5.41) is 7.36. The average Bonchev–Trinajstić information content (AvgIpc) is 2.78. The molecule has 1 fully saturated rings. The summed E-state index contributed by atoms with van der Waals surface area (Å²) in [6, 6.07) is 12.5. The summed E-state index contributed by atoms with van der Waals surface area (Å²) in [4.78, 5) is 24.9. The van der Waals surface area contributed by atoms with Crippen LogP contribution in [0.15, 0.2) is 46.9 Å². The minimum absolute atomic E-state index is 0.279. The van der Waals surface area contributed by atoms with Crippen LogP contribution in [-0.4, -0.2) is 54.7 Å². The van der Waals surface area contributed by atoms with Crippen LogP contribution in [0.1, 0.15) is 33.2 Å². The molecule has 0 bridgehead atoms. The molecule has 1 aliphatic heterocycles. The van der Waals surface area contributed by atoms with Crippen molar-refractivity contribution < 1.29 is 14.3 Å². The van der Waals surface area contributed by atoms with E-state index < -0.39 is 5.91 Å². The van der Waals surface area contributed by atoms with Gasteiger partial charge in [-0.1, -0.05) is 35.0 Å². The van der Waals surface area contributed by atoms with E-state index in [1.807, 2.05) is 18.2 Å². The molecule has 0 aromatic heterocycles.